The fourth-order valence-corrected chi connectivity index (χ4v) is 0.856. The molecule has 0 spiro atoms. The van der Waals surface area contributed by atoms with Gasteiger partial charge in [-0.2, -0.15) is 0 Å². The summed E-state index contributed by atoms with van der Waals surface area (Å²) in [5, 5.41) is 0. The van der Waals surface area contributed by atoms with Gasteiger partial charge in [0, 0.05) is 0 Å². The number of hydrogen-bond acceptors (Lipinski definition) is 2. The minimum absolute atomic E-state index is 0.233. The highest BCUT2D eigenvalue weighted by Crippen LogP contribution is 2.19. The molecule has 16 heavy (non-hydrogen) atoms. The highest BCUT2D eigenvalue weighted by molar-refractivity contribution is 4.73. The maximum atomic E-state index is 5.37. The van der Waals surface area contributed by atoms with Crippen molar-refractivity contribution in [1.82, 2.24) is 0 Å². The average molecular weight is 226 g/mol. The molecule has 0 aromatic heterocycles. The minimum Gasteiger partial charge on any atom is -0.493 e. The summed E-state index contributed by atoms with van der Waals surface area (Å²) < 4.78 is 10.6. The summed E-state index contributed by atoms with van der Waals surface area (Å²) in [5.74, 6) is 0.680. The zero-order valence-corrected chi connectivity index (χ0v) is 11.4. The molecular weight excluding hydrogens is 200 g/mol. The van der Waals surface area contributed by atoms with Gasteiger partial charge in [-0.1, -0.05) is 34.6 Å². The van der Waals surface area contributed by atoms with Gasteiger partial charge in [-0.15, -0.1) is 0 Å². The molecular formula is C14H26O2. The molecule has 2 nitrogen and oxygen atoms in total. The first kappa shape index (κ1) is 15.1. The molecule has 94 valence electrons. The van der Waals surface area contributed by atoms with Gasteiger partial charge in [-0.3, -0.25) is 0 Å². The molecule has 0 heterocycles. The third-order valence-electron chi connectivity index (χ3n) is 2.55. The summed E-state index contributed by atoms with van der Waals surface area (Å²) >= 11 is 0. The van der Waals surface area contributed by atoms with Crippen molar-refractivity contribution >= 4 is 0 Å². The Bertz CT molecular complexity index is 223. The summed E-state index contributed by atoms with van der Waals surface area (Å²) in [7, 11) is 0. The Morgan fingerprint density at radius 2 is 1.81 bits per heavy atom. The van der Waals surface area contributed by atoms with Crippen LogP contribution in [0.25, 0.3) is 0 Å². The summed E-state index contributed by atoms with van der Waals surface area (Å²) in [6.45, 7) is 12.4. The van der Waals surface area contributed by atoms with Gasteiger partial charge >= 0.3 is 0 Å². The number of rotatable bonds is 8. The lowest BCUT2D eigenvalue weighted by Crippen LogP contribution is -2.16. The van der Waals surface area contributed by atoms with E-state index in [9.17, 15) is 0 Å². The average Bonchev–Trinajstić information content (AvgIpc) is 2.21. The first-order chi connectivity index (χ1) is 7.48. The van der Waals surface area contributed by atoms with Gasteiger partial charge < -0.3 is 9.47 Å². The van der Waals surface area contributed by atoms with Crippen LogP contribution in [-0.2, 0) is 9.47 Å². The maximum Gasteiger partial charge on any atom is 0.128 e. The molecule has 0 aliphatic rings. The van der Waals surface area contributed by atoms with Crippen molar-refractivity contribution < 1.29 is 9.47 Å². The second-order valence-electron chi connectivity index (χ2n) is 5.28. The summed E-state index contributed by atoms with van der Waals surface area (Å²) in [5.41, 5.74) is 3.09. The lowest BCUT2D eigenvalue weighted by atomic mass is 9.92. The van der Waals surface area contributed by atoms with Crippen molar-refractivity contribution in [3.63, 3.8) is 0 Å². The van der Waals surface area contributed by atoms with Crippen LogP contribution in [0.5, 0.6) is 0 Å². The summed E-state index contributed by atoms with van der Waals surface area (Å²) in [6.07, 6.45) is 5.32. The van der Waals surface area contributed by atoms with Gasteiger partial charge in [0.15, 0.2) is 0 Å². The molecule has 0 rings (SSSR count). The van der Waals surface area contributed by atoms with E-state index in [-0.39, 0.29) is 5.41 Å². The zero-order chi connectivity index (χ0) is 12.4. The SMILES string of the molecule is CCC(C)(C)COC=C=COCCC(C)C. The van der Waals surface area contributed by atoms with Gasteiger partial charge in [-0.25, -0.2) is 0 Å². The zero-order valence-electron chi connectivity index (χ0n) is 11.4. The van der Waals surface area contributed by atoms with Crippen LogP contribution < -0.4 is 0 Å². The van der Waals surface area contributed by atoms with Crippen LogP contribution in [0.2, 0.25) is 0 Å². The highest BCUT2D eigenvalue weighted by Gasteiger charge is 2.14. The van der Waals surface area contributed by atoms with Gasteiger partial charge in [0.05, 0.1) is 13.2 Å². The molecule has 0 aromatic rings. The van der Waals surface area contributed by atoms with Crippen molar-refractivity contribution in [1.29, 1.82) is 0 Å². The van der Waals surface area contributed by atoms with E-state index in [0.29, 0.717) is 5.92 Å². The molecule has 0 aromatic carbocycles. The van der Waals surface area contributed by atoms with E-state index in [4.69, 9.17) is 9.47 Å². The van der Waals surface area contributed by atoms with E-state index in [1.165, 1.54) is 0 Å². The first-order valence-corrected chi connectivity index (χ1v) is 6.10. The van der Waals surface area contributed by atoms with Crippen LogP contribution in [0.3, 0.4) is 0 Å². The first-order valence-electron chi connectivity index (χ1n) is 6.10. The van der Waals surface area contributed by atoms with Gasteiger partial charge in [-0.05, 0) is 29.9 Å². The summed E-state index contributed by atoms with van der Waals surface area (Å²) in [4.78, 5) is 0. The minimum atomic E-state index is 0.233. The Morgan fingerprint density at radius 1 is 1.19 bits per heavy atom. The third-order valence-corrected chi connectivity index (χ3v) is 2.55. The van der Waals surface area contributed by atoms with Gasteiger partial charge in [0.2, 0.25) is 0 Å². The predicted octanol–water partition coefficient (Wildman–Crippen LogP) is 4.13. The van der Waals surface area contributed by atoms with E-state index in [1.807, 2.05) is 0 Å². The third kappa shape index (κ3) is 9.67. The number of hydrogen-bond donors (Lipinski definition) is 0. The highest BCUT2D eigenvalue weighted by atomic mass is 16.5. The van der Waals surface area contributed by atoms with E-state index in [2.05, 4.69) is 40.3 Å². The Labute approximate surface area is 100 Å². The molecule has 0 atom stereocenters. The number of ether oxygens (including phenoxy) is 2. The van der Waals surface area contributed by atoms with Crippen LogP contribution in [0.1, 0.15) is 47.5 Å². The standard InChI is InChI=1S/C14H26O2/c1-6-14(4,5)12-16-10-7-9-15-11-8-13(2)3/h9-10,13H,6,8,11-12H2,1-5H3. The van der Waals surface area contributed by atoms with Crippen molar-refractivity contribution in [2.45, 2.75) is 47.5 Å². The fourth-order valence-electron chi connectivity index (χ4n) is 0.856. The van der Waals surface area contributed by atoms with Crippen LogP contribution in [0.4, 0.5) is 0 Å². The van der Waals surface area contributed by atoms with Gasteiger partial charge in [0.25, 0.3) is 0 Å². The molecule has 0 saturated carbocycles. The molecule has 2 heteroatoms. The molecule has 0 saturated heterocycles. The molecule has 0 amide bonds. The Kier molecular flexibility index (Phi) is 7.84. The molecule has 0 N–H and O–H groups in total. The van der Waals surface area contributed by atoms with E-state index in [0.717, 1.165) is 26.1 Å². The Morgan fingerprint density at radius 3 is 2.38 bits per heavy atom. The normalized spacial score (nSPS) is 10.9. The van der Waals surface area contributed by atoms with Crippen LogP contribution in [0.15, 0.2) is 18.3 Å². The van der Waals surface area contributed by atoms with Gasteiger partial charge in [0.1, 0.15) is 12.5 Å². The lowest BCUT2D eigenvalue weighted by molar-refractivity contribution is 0.134. The largest absolute Gasteiger partial charge is 0.493 e. The quantitative estimate of drug-likeness (QED) is 0.352. The molecule has 0 bridgehead atoms. The van der Waals surface area contributed by atoms with Crippen LogP contribution >= 0.6 is 0 Å². The maximum absolute atomic E-state index is 5.37. The molecule has 0 unspecified atom stereocenters. The fraction of sp³-hybridized carbons (Fsp3) is 0.786. The predicted molar refractivity (Wildman–Crippen MR) is 68.1 cm³/mol. The Hall–Kier alpha value is -0.880. The van der Waals surface area contributed by atoms with Crippen molar-refractivity contribution in [3.8, 4) is 0 Å². The topological polar surface area (TPSA) is 18.5 Å². The van der Waals surface area contributed by atoms with Crippen molar-refractivity contribution in [2.75, 3.05) is 13.2 Å². The van der Waals surface area contributed by atoms with E-state index >= 15 is 0 Å². The second-order valence-corrected chi connectivity index (χ2v) is 5.28. The molecule has 0 radical (unpaired) electrons. The van der Waals surface area contributed by atoms with E-state index in [1.54, 1.807) is 12.5 Å². The molecule has 0 aliphatic heterocycles. The monoisotopic (exact) mass is 226 g/mol. The smallest absolute Gasteiger partial charge is 0.128 e. The van der Waals surface area contributed by atoms with Crippen molar-refractivity contribution in [2.24, 2.45) is 11.3 Å². The molecule has 0 aliphatic carbocycles. The Balaban J connectivity index is 3.57. The van der Waals surface area contributed by atoms with Crippen molar-refractivity contribution in [3.05, 3.63) is 18.3 Å². The van der Waals surface area contributed by atoms with Crippen LogP contribution in [-0.4, -0.2) is 13.2 Å². The lowest BCUT2D eigenvalue weighted by Gasteiger charge is -2.20. The van der Waals surface area contributed by atoms with Crippen LogP contribution in [0, 0.1) is 11.3 Å². The summed E-state index contributed by atoms with van der Waals surface area (Å²) in [6, 6.07) is 0. The van der Waals surface area contributed by atoms with E-state index < -0.39 is 0 Å². The molecule has 0 fully saturated rings. The second kappa shape index (κ2) is 8.29.